The molecular weight excluding hydrogens is 510 g/mol. The number of hydrogen-bond acceptors (Lipinski definition) is 5. The molecule has 2 fully saturated rings. The molecule has 6 nitrogen and oxygen atoms in total. The van der Waals surface area contributed by atoms with Crippen LogP contribution in [0.15, 0.2) is 54.6 Å². The van der Waals surface area contributed by atoms with Gasteiger partial charge in [-0.05, 0) is 82.1 Å². The number of esters is 1. The van der Waals surface area contributed by atoms with Crippen LogP contribution >= 0.6 is 0 Å². The minimum absolute atomic E-state index is 0.101. The number of amides is 1. The summed E-state index contributed by atoms with van der Waals surface area (Å²) >= 11 is 0. The maximum Gasteiger partial charge on any atom is 0.310 e. The van der Waals surface area contributed by atoms with E-state index in [1.165, 1.54) is 32.1 Å². The third-order valence-corrected chi connectivity index (χ3v) is 8.72. The van der Waals surface area contributed by atoms with Crippen molar-refractivity contribution in [1.29, 1.82) is 0 Å². The third kappa shape index (κ3) is 6.64. The molecule has 1 aliphatic carbocycles. The van der Waals surface area contributed by atoms with Gasteiger partial charge in [0.05, 0.1) is 18.2 Å². The molecule has 3 aromatic rings. The van der Waals surface area contributed by atoms with Gasteiger partial charge < -0.3 is 15.0 Å². The maximum absolute atomic E-state index is 13.0. The highest BCUT2D eigenvalue weighted by Crippen LogP contribution is 2.48. The number of carbonyl (C=O) groups excluding carboxylic acids is 2. The summed E-state index contributed by atoms with van der Waals surface area (Å²) in [6.07, 6.45) is 7.62. The van der Waals surface area contributed by atoms with Crippen LogP contribution < -0.4 is 10.2 Å². The van der Waals surface area contributed by atoms with Crippen molar-refractivity contribution in [3.8, 4) is 11.1 Å². The average Bonchev–Trinajstić information content (AvgIpc) is 3.40. The van der Waals surface area contributed by atoms with E-state index in [1.54, 1.807) is 0 Å². The summed E-state index contributed by atoms with van der Waals surface area (Å²) in [7, 11) is 0. The van der Waals surface area contributed by atoms with E-state index in [1.807, 2.05) is 75.4 Å². The van der Waals surface area contributed by atoms with E-state index >= 15 is 0 Å². The Morgan fingerprint density at radius 2 is 1.63 bits per heavy atom. The van der Waals surface area contributed by atoms with Crippen LogP contribution in [0.1, 0.15) is 85.2 Å². The lowest BCUT2D eigenvalue weighted by atomic mass is 9.78. The fourth-order valence-corrected chi connectivity index (χ4v) is 6.82. The van der Waals surface area contributed by atoms with Crippen molar-refractivity contribution in [3.05, 3.63) is 82.7 Å². The standard InChI is InChI=1S/C35H43N3O3/c1-24(2)41-31(39)21-30-25(3)37-26(4)32(33(30)38-20-10-19-35(23-38)17-8-9-18-35)28-13-15-29(16-14-28)34(40)36-22-27-11-6-5-7-12-27/h5-7,11-16,24H,8-10,17-23H2,1-4H3,(H,36,40). The molecule has 2 aliphatic rings. The van der Waals surface area contributed by atoms with E-state index in [0.717, 1.165) is 58.8 Å². The van der Waals surface area contributed by atoms with Gasteiger partial charge in [0, 0.05) is 47.7 Å². The molecule has 5 rings (SSSR count). The Labute approximate surface area is 244 Å². The highest BCUT2D eigenvalue weighted by molar-refractivity contribution is 5.95. The molecule has 41 heavy (non-hydrogen) atoms. The van der Waals surface area contributed by atoms with Crippen LogP contribution in [-0.2, 0) is 22.5 Å². The van der Waals surface area contributed by atoms with Gasteiger partial charge in [-0.15, -0.1) is 0 Å². The van der Waals surface area contributed by atoms with Gasteiger partial charge in [-0.1, -0.05) is 55.3 Å². The fraction of sp³-hybridized carbons (Fsp3) is 0.457. The van der Waals surface area contributed by atoms with Crippen molar-refractivity contribution in [2.75, 3.05) is 18.0 Å². The first-order valence-electron chi connectivity index (χ1n) is 15.1. The van der Waals surface area contributed by atoms with Crippen LogP contribution in [-0.4, -0.2) is 36.1 Å². The van der Waals surface area contributed by atoms with E-state index < -0.39 is 0 Å². The number of benzene rings is 2. The number of anilines is 1. The Hall–Kier alpha value is -3.67. The molecule has 0 radical (unpaired) electrons. The quantitative estimate of drug-likeness (QED) is 0.306. The molecule has 1 saturated heterocycles. The van der Waals surface area contributed by atoms with Gasteiger partial charge in [0.2, 0.25) is 0 Å². The molecule has 1 N–H and O–H groups in total. The molecule has 0 bridgehead atoms. The van der Waals surface area contributed by atoms with Gasteiger partial charge >= 0.3 is 5.97 Å². The van der Waals surface area contributed by atoms with E-state index in [9.17, 15) is 9.59 Å². The molecule has 1 aliphatic heterocycles. The molecule has 0 unspecified atom stereocenters. The number of aromatic nitrogens is 1. The zero-order chi connectivity index (χ0) is 29.0. The Bertz CT molecular complexity index is 1380. The minimum Gasteiger partial charge on any atom is -0.463 e. The van der Waals surface area contributed by atoms with Gasteiger partial charge in [-0.2, -0.15) is 0 Å². The number of nitrogens with zero attached hydrogens (tertiary/aromatic N) is 2. The third-order valence-electron chi connectivity index (χ3n) is 8.72. The van der Waals surface area contributed by atoms with Gasteiger partial charge in [0.25, 0.3) is 5.91 Å². The van der Waals surface area contributed by atoms with E-state index in [-0.39, 0.29) is 24.4 Å². The smallest absolute Gasteiger partial charge is 0.310 e. The summed E-state index contributed by atoms with van der Waals surface area (Å²) in [4.78, 5) is 33.3. The van der Waals surface area contributed by atoms with Crippen molar-refractivity contribution in [1.82, 2.24) is 10.3 Å². The lowest BCUT2D eigenvalue weighted by Crippen LogP contribution is -2.43. The van der Waals surface area contributed by atoms with Gasteiger partial charge in [-0.25, -0.2) is 0 Å². The number of nitrogens with one attached hydrogen (secondary N) is 1. The van der Waals surface area contributed by atoms with E-state index in [2.05, 4.69) is 17.1 Å². The summed E-state index contributed by atoms with van der Waals surface area (Å²) in [6.45, 7) is 10.3. The number of aryl methyl sites for hydroxylation is 2. The zero-order valence-electron chi connectivity index (χ0n) is 25.0. The van der Waals surface area contributed by atoms with Gasteiger partial charge in [0.1, 0.15) is 0 Å². The number of ether oxygens (including phenoxy) is 1. The van der Waals surface area contributed by atoms with Gasteiger partial charge in [0.15, 0.2) is 0 Å². The number of piperidine rings is 1. The van der Waals surface area contributed by atoms with Crippen molar-refractivity contribution in [2.24, 2.45) is 5.41 Å². The largest absolute Gasteiger partial charge is 0.463 e. The van der Waals surface area contributed by atoms with Crippen molar-refractivity contribution in [2.45, 2.75) is 85.3 Å². The summed E-state index contributed by atoms with van der Waals surface area (Å²) in [5, 5.41) is 3.02. The Balaban J connectivity index is 1.50. The van der Waals surface area contributed by atoms with Crippen LogP contribution in [0.25, 0.3) is 11.1 Å². The Morgan fingerprint density at radius 3 is 2.32 bits per heavy atom. The monoisotopic (exact) mass is 553 g/mol. The Kier molecular flexibility index (Phi) is 8.77. The maximum atomic E-state index is 13.0. The Morgan fingerprint density at radius 1 is 0.951 bits per heavy atom. The molecule has 1 amide bonds. The SMILES string of the molecule is Cc1nc(C)c(-c2ccc(C(=O)NCc3ccccc3)cc2)c(N2CCCC3(CCCC3)C2)c1CC(=O)OC(C)C. The molecule has 1 aromatic heterocycles. The van der Waals surface area contributed by atoms with Crippen LogP contribution in [0.4, 0.5) is 5.69 Å². The molecule has 1 spiro atoms. The van der Waals surface area contributed by atoms with Crippen molar-refractivity contribution >= 4 is 17.6 Å². The fourth-order valence-electron chi connectivity index (χ4n) is 6.82. The molecule has 2 heterocycles. The summed E-state index contributed by atoms with van der Waals surface area (Å²) < 4.78 is 5.59. The van der Waals surface area contributed by atoms with Crippen LogP contribution in [0.2, 0.25) is 0 Å². The number of carbonyl (C=O) groups is 2. The summed E-state index contributed by atoms with van der Waals surface area (Å²) in [6, 6.07) is 17.7. The average molecular weight is 554 g/mol. The van der Waals surface area contributed by atoms with Crippen molar-refractivity contribution < 1.29 is 14.3 Å². The second-order valence-corrected chi connectivity index (χ2v) is 12.2. The topological polar surface area (TPSA) is 71.5 Å². The van der Waals surface area contributed by atoms with Crippen LogP contribution in [0.3, 0.4) is 0 Å². The van der Waals surface area contributed by atoms with E-state index in [4.69, 9.17) is 9.72 Å². The predicted octanol–water partition coefficient (Wildman–Crippen LogP) is 6.95. The van der Waals surface area contributed by atoms with E-state index in [0.29, 0.717) is 17.5 Å². The summed E-state index contributed by atoms with van der Waals surface area (Å²) in [5.74, 6) is -0.324. The minimum atomic E-state index is -0.223. The second kappa shape index (κ2) is 12.5. The lowest BCUT2D eigenvalue weighted by Gasteiger charge is -2.43. The molecule has 0 atom stereocenters. The van der Waals surface area contributed by atoms with Crippen LogP contribution in [0, 0.1) is 19.3 Å². The summed E-state index contributed by atoms with van der Waals surface area (Å²) in [5.41, 5.74) is 7.98. The highest BCUT2D eigenvalue weighted by atomic mass is 16.5. The van der Waals surface area contributed by atoms with Crippen LogP contribution in [0.5, 0.6) is 0 Å². The molecular formula is C35H43N3O3. The first-order valence-corrected chi connectivity index (χ1v) is 15.1. The van der Waals surface area contributed by atoms with Gasteiger partial charge in [-0.3, -0.25) is 14.6 Å². The first-order chi connectivity index (χ1) is 19.7. The first kappa shape index (κ1) is 28.8. The molecule has 6 heteroatoms. The number of hydrogen-bond donors (Lipinski definition) is 1. The highest BCUT2D eigenvalue weighted by Gasteiger charge is 2.39. The lowest BCUT2D eigenvalue weighted by molar-refractivity contribution is -0.146. The second-order valence-electron chi connectivity index (χ2n) is 12.2. The zero-order valence-corrected chi connectivity index (χ0v) is 25.0. The van der Waals surface area contributed by atoms with Crippen molar-refractivity contribution in [3.63, 3.8) is 0 Å². The molecule has 1 saturated carbocycles. The molecule has 216 valence electrons. The number of pyridine rings is 1. The number of rotatable bonds is 8. The normalized spacial score (nSPS) is 16.3. The predicted molar refractivity (Wildman–Crippen MR) is 164 cm³/mol. The molecule has 2 aromatic carbocycles.